The Bertz CT molecular complexity index is 653. The third-order valence-corrected chi connectivity index (χ3v) is 2.23. The van der Waals surface area contributed by atoms with Gasteiger partial charge in [0.1, 0.15) is 16.8 Å². The molecule has 0 aromatic carbocycles. The van der Waals surface area contributed by atoms with Crippen LogP contribution in [0.2, 0.25) is 0 Å². The summed E-state index contributed by atoms with van der Waals surface area (Å²) < 4.78 is 6.48. The third kappa shape index (κ3) is 2.40. The number of hydrogen-bond donors (Lipinski definition) is 0. The number of pyridine rings is 1. The van der Waals surface area contributed by atoms with Crippen molar-refractivity contribution in [1.82, 2.24) is 9.38 Å². The van der Waals surface area contributed by atoms with Crippen molar-refractivity contribution < 1.29 is 9.53 Å². The van der Waals surface area contributed by atoms with Gasteiger partial charge in [-0.1, -0.05) is 6.07 Å². The van der Waals surface area contributed by atoms with Gasteiger partial charge in [-0.15, -0.1) is 0 Å². The van der Waals surface area contributed by atoms with Crippen LogP contribution in [0.15, 0.2) is 35.4 Å². The van der Waals surface area contributed by atoms with Crippen LogP contribution in [0, 0.1) is 0 Å². The van der Waals surface area contributed by atoms with Crippen molar-refractivity contribution in [3.05, 3.63) is 46.5 Å². The Morgan fingerprint density at radius 2 is 2.06 bits per heavy atom. The van der Waals surface area contributed by atoms with Gasteiger partial charge in [-0.2, -0.15) is 0 Å². The molecule has 0 saturated heterocycles. The maximum Gasteiger partial charge on any atom is 0.345 e. The lowest BCUT2D eigenvalue weighted by atomic mass is 10.2. The number of ether oxygens (including phenoxy) is 1. The second kappa shape index (κ2) is 4.25. The van der Waals surface area contributed by atoms with E-state index in [4.69, 9.17) is 4.74 Å². The smallest absolute Gasteiger partial charge is 0.345 e. The zero-order chi connectivity index (χ0) is 13.3. The molecule has 0 unspecified atom stereocenters. The highest BCUT2D eigenvalue weighted by atomic mass is 16.6. The minimum absolute atomic E-state index is 0.0615. The van der Waals surface area contributed by atoms with Gasteiger partial charge in [0.2, 0.25) is 0 Å². The van der Waals surface area contributed by atoms with Crippen molar-refractivity contribution in [2.75, 3.05) is 0 Å². The van der Waals surface area contributed by atoms with Crippen LogP contribution in [-0.2, 0) is 4.74 Å². The van der Waals surface area contributed by atoms with E-state index in [9.17, 15) is 9.59 Å². The molecular weight excluding hydrogens is 232 g/mol. The highest BCUT2D eigenvalue weighted by molar-refractivity contribution is 5.89. The maximum absolute atomic E-state index is 12.1. The second-order valence-electron chi connectivity index (χ2n) is 4.91. The standard InChI is InChI=1S/C13H14N2O3/c1-13(2,3)18-12(17)9-8-14-10-6-4-5-7-15(10)11(9)16/h4-8H,1-3H3. The molecule has 18 heavy (non-hydrogen) atoms. The SMILES string of the molecule is CC(C)(C)OC(=O)c1cnc2ccccn2c1=O. The number of fused-ring (bicyclic) bond motifs is 1. The normalized spacial score (nSPS) is 11.5. The molecule has 0 saturated carbocycles. The van der Waals surface area contributed by atoms with Crippen LogP contribution in [0.1, 0.15) is 31.1 Å². The average molecular weight is 246 g/mol. The molecule has 0 spiro atoms. The lowest BCUT2D eigenvalue weighted by molar-refractivity contribution is 0.00669. The summed E-state index contributed by atoms with van der Waals surface area (Å²) in [7, 11) is 0. The van der Waals surface area contributed by atoms with Gasteiger partial charge in [0.15, 0.2) is 0 Å². The van der Waals surface area contributed by atoms with Crippen molar-refractivity contribution in [3.8, 4) is 0 Å². The quantitative estimate of drug-likeness (QED) is 0.718. The van der Waals surface area contributed by atoms with Crippen molar-refractivity contribution in [3.63, 3.8) is 0 Å². The first-order chi connectivity index (χ1) is 8.38. The molecule has 0 fully saturated rings. The van der Waals surface area contributed by atoms with E-state index in [-0.39, 0.29) is 5.56 Å². The molecule has 0 atom stereocenters. The van der Waals surface area contributed by atoms with Crippen LogP contribution >= 0.6 is 0 Å². The molecule has 2 heterocycles. The third-order valence-electron chi connectivity index (χ3n) is 2.23. The maximum atomic E-state index is 12.1. The van der Waals surface area contributed by atoms with Crippen molar-refractivity contribution in [2.45, 2.75) is 26.4 Å². The first-order valence-corrected chi connectivity index (χ1v) is 5.58. The van der Waals surface area contributed by atoms with Crippen LogP contribution in [0.25, 0.3) is 5.65 Å². The summed E-state index contributed by atoms with van der Waals surface area (Å²) in [4.78, 5) is 28.0. The first kappa shape index (κ1) is 12.3. The monoisotopic (exact) mass is 246 g/mol. The zero-order valence-corrected chi connectivity index (χ0v) is 10.5. The van der Waals surface area contributed by atoms with E-state index in [1.54, 1.807) is 45.2 Å². The van der Waals surface area contributed by atoms with Crippen molar-refractivity contribution in [2.24, 2.45) is 0 Å². The summed E-state index contributed by atoms with van der Waals surface area (Å²) in [6, 6.07) is 5.17. The van der Waals surface area contributed by atoms with E-state index < -0.39 is 17.1 Å². The van der Waals surface area contributed by atoms with Gasteiger partial charge in [0, 0.05) is 12.4 Å². The van der Waals surface area contributed by atoms with Gasteiger partial charge in [0.05, 0.1) is 0 Å². The molecule has 0 amide bonds. The molecule has 0 radical (unpaired) electrons. The van der Waals surface area contributed by atoms with Crippen LogP contribution in [0.3, 0.4) is 0 Å². The summed E-state index contributed by atoms with van der Waals surface area (Å²) in [6.45, 7) is 5.24. The Kier molecular flexibility index (Phi) is 2.90. The van der Waals surface area contributed by atoms with Crippen molar-refractivity contribution in [1.29, 1.82) is 0 Å². The van der Waals surface area contributed by atoms with Gasteiger partial charge in [0.25, 0.3) is 5.56 Å². The largest absolute Gasteiger partial charge is 0.456 e. The molecule has 0 aliphatic heterocycles. The van der Waals surface area contributed by atoms with Crippen LogP contribution < -0.4 is 5.56 Å². The zero-order valence-electron chi connectivity index (χ0n) is 10.5. The Labute approximate surface area is 104 Å². The van der Waals surface area contributed by atoms with Gasteiger partial charge < -0.3 is 4.74 Å². The Hall–Kier alpha value is -2.17. The van der Waals surface area contributed by atoms with Crippen LogP contribution in [0.5, 0.6) is 0 Å². The molecule has 2 aromatic rings. The Balaban J connectivity index is 2.50. The molecule has 0 bridgehead atoms. The molecule has 0 aliphatic rings. The highest BCUT2D eigenvalue weighted by Gasteiger charge is 2.21. The van der Waals surface area contributed by atoms with Gasteiger partial charge in [-0.25, -0.2) is 9.78 Å². The van der Waals surface area contributed by atoms with Gasteiger partial charge >= 0.3 is 5.97 Å². The van der Waals surface area contributed by atoms with Gasteiger partial charge in [-0.3, -0.25) is 9.20 Å². The highest BCUT2D eigenvalue weighted by Crippen LogP contribution is 2.09. The van der Waals surface area contributed by atoms with Gasteiger partial charge in [-0.05, 0) is 32.9 Å². The molecule has 2 aromatic heterocycles. The second-order valence-corrected chi connectivity index (χ2v) is 4.91. The summed E-state index contributed by atoms with van der Waals surface area (Å²) in [5, 5.41) is 0. The molecule has 5 nitrogen and oxygen atoms in total. The van der Waals surface area contributed by atoms with Crippen LogP contribution in [-0.4, -0.2) is 21.0 Å². The number of carbonyl (C=O) groups is 1. The molecule has 5 heteroatoms. The molecule has 94 valence electrons. The number of hydrogen-bond acceptors (Lipinski definition) is 4. The average Bonchev–Trinajstić information content (AvgIpc) is 2.27. The summed E-state index contributed by atoms with van der Waals surface area (Å²) in [6.07, 6.45) is 2.82. The van der Waals surface area contributed by atoms with E-state index in [0.29, 0.717) is 5.65 Å². The van der Waals surface area contributed by atoms with E-state index in [1.807, 2.05) is 0 Å². The number of carbonyl (C=O) groups excluding carboxylic acids is 1. The van der Waals surface area contributed by atoms with E-state index >= 15 is 0 Å². The predicted octanol–water partition coefficient (Wildman–Crippen LogP) is 1.65. The minimum atomic E-state index is -0.654. The molecular formula is C13H14N2O3. The predicted molar refractivity (Wildman–Crippen MR) is 66.6 cm³/mol. The number of nitrogens with zero attached hydrogens (tertiary/aromatic N) is 2. The summed E-state index contributed by atoms with van der Waals surface area (Å²) in [5.41, 5.74) is -0.627. The summed E-state index contributed by atoms with van der Waals surface area (Å²) >= 11 is 0. The number of esters is 1. The van der Waals surface area contributed by atoms with E-state index in [2.05, 4.69) is 4.98 Å². The minimum Gasteiger partial charge on any atom is -0.456 e. The molecule has 0 N–H and O–H groups in total. The Morgan fingerprint density at radius 3 is 2.72 bits per heavy atom. The fourth-order valence-corrected chi connectivity index (χ4v) is 1.50. The lowest BCUT2D eigenvalue weighted by Crippen LogP contribution is -2.29. The summed E-state index contributed by atoms with van der Waals surface area (Å²) in [5.74, 6) is -0.654. The topological polar surface area (TPSA) is 60.7 Å². The fraction of sp³-hybridized carbons (Fsp3) is 0.308. The van der Waals surface area contributed by atoms with E-state index in [0.717, 1.165) is 0 Å². The van der Waals surface area contributed by atoms with E-state index in [1.165, 1.54) is 10.6 Å². The fourth-order valence-electron chi connectivity index (χ4n) is 1.50. The first-order valence-electron chi connectivity index (χ1n) is 5.58. The number of aromatic nitrogens is 2. The molecule has 0 aliphatic carbocycles. The van der Waals surface area contributed by atoms with Crippen LogP contribution in [0.4, 0.5) is 0 Å². The van der Waals surface area contributed by atoms with Crippen molar-refractivity contribution >= 4 is 11.6 Å². The number of rotatable bonds is 1. The molecule has 2 rings (SSSR count). The Morgan fingerprint density at radius 1 is 1.33 bits per heavy atom. The lowest BCUT2D eigenvalue weighted by Gasteiger charge is -2.19.